The molecule has 1 aromatic rings. The molecule has 0 bridgehead atoms. The van der Waals surface area contributed by atoms with Crippen molar-refractivity contribution in [3.05, 3.63) is 55.8 Å². The summed E-state index contributed by atoms with van der Waals surface area (Å²) in [5.41, 5.74) is 12.5. The van der Waals surface area contributed by atoms with Crippen LogP contribution in [0.2, 0.25) is 0 Å². The van der Waals surface area contributed by atoms with Gasteiger partial charge in [-0.25, -0.2) is 4.79 Å². The lowest BCUT2D eigenvalue weighted by Gasteiger charge is -2.14. The first-order valence-electron chi connectivity index (χ1n) is 8.00. The summed E-state index contributed by atoms with van der Waals surface area (Å²) in [4.78, 5) is 17.0. The van der Waals surface area contributed by atoms with E-state index in [-0.39, 0.29) is 44.2 Å². The molecule has 0 aliphatic rings. The summed E-state index contributed by atoms with van der Waals surface area (Å²) in [6.45, 7) is -0.355. The quantitative estimate of drug-likeness (QED) is 0.120. The van der Waals surface area contributed by atoms with Crippen molar-refractivity contribution >= 4 is 5.97 Å². The van der Waals surface area contributed by atoms with E-state index in [1.807, 2.05) is 0 Å². The van der Waals surface area contributed by atoms with Gasteiger partial charge in [-0.05, 0) is 48.5 Å². The van der Waals surface area contributed by atoms with Crippen molar-refractivity contribution in [2.45, 2.75) is 37.7 Å². The number of unbranched alkanes of at least 4 members (excludes halogenated alkanes) is 1. The molecule has 0 saturated heterocycles. The van der Waals surface area contributed by atoms with Crippen molar-refractivity contribution in [3.8, 4) is 0 Å². The first kappa shape index (κ1) is 23.9. The number of carbonyl (C=O) groups is 1. The van der Waals surface area contributed by atoms with Gasteiger partial charge in [0.1, 0.15) is 0 Å². The second-order valence-corrected chi connectivity index (χ2v) is 5.70. The molecule has 0 aliphatic heterocycles. The Morgan fingerprint density at radius 1 is 1.00 bits per heavy atom. The predicted octanol–water partition coefficient (Wildman–Crippen LogP) is 6.04. The molecule has 8 nitrogen and oxygen atoms in total. The zero-order chi connectivity index (χ0) is 22.1. The van der Waals surface area contributed by atoms with Crippen LogP contribution in [0.5, 0.6) is 0 Å². The van der Waals surface area contributed by atoms with E-state index in [1.165, 1.54) is 0 Å². The second kappa shape index (κ2) is 10.4. The molecule has 0 saturated carbocycles. The lowest BCUT2D eigenvalue weighted by Crippen LogP contribution is -2.15. The van der Waals surface area contributed by atoms with Gasteiger partial charge in [0.15, 0.2) is 0 Å². The third-order valence-corrected chi connectivity index (χ3v) is 3.56. The molecule has 1 atom stereocenters. The molecule has 0 amide bonds. The number of carbonyl (C=O) groups excluding carboxylic acids is 1. The lowest BCUT2D eigenvalue weighted by atomic mass is 10.0. The van der Waals surface area contributed by atoms with E-state index in [0.29, 0.717) is 6.42 Å². The van der Waals surface area contributed by atoms with Crippen LogP contribution in [0.15, 0.2) is 28.4 Å². The van der Waals surface area contributed by atoms with Gasteiger partial charge in [0.2, 0.25) is 0 Å². The molecule has 0 heterocycles. The summed E-state index contributed by atoms with van der Waals surface area (Å²) >= 11 is 0. The maximum atomic E-state index is 12.8. The Balaban J connectivity index is 2.72. The Morgan fingerprint density at radius 3 is 2.07 bits per heavy atom. The number of benzene rings is 1. The minimum absolute atomic E-state index is 0.0786. The monoisotopic (exact) mass is 424 g/mol. The van der Waals surface area contributed by atoms with Crippen molar-refractivity contribution in [2.24, 2.45) is 10.2 Å². The topological polar surface area (TPSA) is 124 Å². The van der Waals surface area contributed by atoms with Crippen molar-refractivity contribution in [1.82, 2.24) is 0 Å². The van der Waals surface area contributed by atoms with Gasteiger partial charge < -0.3 is 4.74 Å². The van der Waals surface area contributed by atoms with Crippen molar-refractivity contribution in [1.29, 1.82) is 0 Å². The van der Waals surface area contributed by atoms with Crippen LogP contribution in [0.1, 0.15) is 40.7 Å². The maximum absolute atomic E-state index is 12.8. The summed E-state index contributed by atoms with van der Waals surface area (Å²) < 4.78 is 81.5. The van der Waals surface area contributed by atoms with Crippen LogP contribution in [0, 0.1) is 0 Å². The molecule has 0 radical (unpaired) electrons. The number of esters is 1. The largest absolute Gasteiger partial charge is 0.462 e. The van der Waals surface area contributed by atoms with Gasteiger partial charge in [0.25, 0.3) is 0 Å². The summed E-state index contributed by atoms with van der Waals surface area (Å²) in [6, 6.07) is -0.134. The summed E-state index contributed by atoms with van der Waals surface area (Å²) in [5.74, 6) is -1.33. The molecule has 0 N–H and O–H groups in total. The summed E-state index contributed by atoms with van der Waals surface area (Å²) in [7, 11) is 0. The zero-order valence-electron chi connectivity index (χ0n) is 14.6. The Hall–Kier alpha value is -3.11. The molecular formula is C15H14F6N6O2. The maximum Gasteiger partial charge on any atom is 0.416 e. The molecule has 1 unspecified atom stereocenters. The van der Waals surface area contributed by atoms with Gasteiger partial charge in [0, 0.05) is 22.4 Å². The molecule has 14 heteroatoms. The Bertz CT molecular complexity index is 780. The van der Waals surface area contributed by atoms with Crippen LogP contribution in [-0.4, -0.2) is 25.2 Å². The average Bonchev–Trinajstić information content (AvgIpc) is 2.63. The van der Waals surface area contributed by atoms with Crippen LogP contribution in [0.3, 0.4) is 0 Å². The number of alkyl halides is 6. The van der Waals surface area contributed by atoms with Gasteiger partial charge in [-0.3, -0.25) is 0 Å². The molecule has 1 aromatic carbocycles. The van der Waals surface area contributed by atoms with E-state index in [1.54, 1.807) is 0 Å². The molecule has 0 aromatic heterocycles. The predicted molar refractivity (Wildman–Crippen MR) is 87.5 cm³/mol. The standard InChI is InChI=1S/C15H14F6N6O2/c16-14(17,18)10-5-9(6-11(7-10)15(19,20)21)13(28)29-4-2-1-3-12(25-27-23)8-24-26-22/h5-7,12H,1-4,8H2. The zero-order valence-corrected chi connectivity index (χ0v) is 14.6. The van der Waals surface area contributed by atoms with E-state index in [4.69, 9.17) is 15.8 Å². The molecule has 29 heavy (non-hydrogen) atoms. The Kier molecular flexibility index (Phi) is 8.61. The molecule has 158 valence electrons. The number of hydrogen-bond donors (Lipinski definition) is 0. The number of hydrogen-bond acceptors (Lipinski definition) is 4. The first-order valence-corrected chi connectivity index (χ1v) is 8.00. The van der Waals surface area contributed by atoms with E-state index in [2.05, 4.69) is 20.1 Å². The highest BCUT2D eigenvalue weighted by atomic mass is 19.4. The fourth-order valence-electron chi connectivity index (χ4n) is 2.19. The van der Waals surface area contributed by atoms with Gasteiger partial charge in [-0.1, -0.05) is 10.2 Å². The fourth-order valence-corrected chi connectivity index (χ4v) is 2.19. The number of nitrogens with zero attached hydrogens (tertiary/aromatic N) is 6. The van der Waals surface area contributed by atoms with E-state index < -0.39 is 41.1 Å². The highest BCUT2D eigenvalue weighted by Crippen LogP contribution is 2.36. The molecule has 1 rings (SSSR count). The van der Waals surface area contributed by atoms with Gasteiger partial charge >= 0.3 is 18.3 Å². The van der Waals surface area contributed by atoms with Crippen molar-refractivity contribution in [3.63, 3.8) is 0 Å². The Labute approximate surface area is 159 Å². The second-order valence-electron chi connectivity index (χ2n) is 5.70. The van der Waals surface area contributed by atoms with E-state index in [0.717, 1.165) is 0 Å². The lowest BCUT2D eigenvalue weighted by molar-refractivity contribution is -0.143. The molecule has 0 fully saturated rings. The number of ether oxygens (including phenoxy) is 1. The molecule has 0 aliphatic carbocycles. The third-order valence-electron chi connectivity index (χ3n) is 3.56. The van der Waals surface area contributed by atoms with Gasteiger partial charge in [0.05, 0.1) is 23.3 Å². The summed E-state index contributed by atoms with van der Waals surface area (Å²) in [6.07, 6.45) is -9.32. The van der Waals surface area contributed by atoms with Crippen molar-refractivity contribution in [2.75, 3.05) is 13.2 Å². The minimum Gasteiger partial charge on any atom is -0.462 e. The average molecular weight is 424 g/mol. The van der Waals surface area contributed by atoms with Crippen LogP contribution < -0.4 is 0 Å². The highest BCUT2D eigenvalue weighted by molar-refractivity contribution is 5.90. The number of azide groups is 2. The third kappa shape index (κ3) is 8.20. The van der Waals surface area contributed by atoms with Crippen LogP contribution in [-0.2, 0) is 17.1 Å². The number of rotatable bonds is 9. The number of halogens is 6. The smallest absolute Gasteiger partial charge is 0.416 e. The fraction of sp³-hybridized carbons (Fsp3) is 0.533. The SMILES string of the molecule is [N-]=[N+]=NCC(CCCCOC(=O)c1cc(C(F)(F)F)cc(C(F)(F)F)c1)N=[N+]=[N-]. The Morgan fingerprint density at radius 2 is 1.59 bits per heavy atom. The highest BCUT2D eigenvalue weighted by Gasteiger charge is 2.37. The van der Waals surface area contributed by atoms with Crippen LogP contribution in [0.4, 0.5) is 26.3 Å². The molecule has 0 spiro atoms. The molecular weight excluding hydrogens is 410 g/mol. The van der Waals surface area contributed by atoms with Crippen molar-refractivity contribution < 1.29 is 35.9 Å². The minimum atomic E-state index is -5.07. The van der Waals surface area contributed by atoms with E-state index >= 15 is 0 Å². The van der Waals surface area contributed by atoms with Gasteiger partial charge in [-0.15, -0.1) is 0 Å². The van der Waals surface area contributed by atoms with Crippen LogP contribution >= 0.6 is 0 Å². The van der Waals surface area contributed by atoms with Gasteiger partial charge in [-0.2, -0.15) is 26.3 Å². The first-order chi connectivity index (χ1) is 13.5. The van der Waals surface area contributed by atoms with E-state index in [9.17, 15) is 31.1 Å². The van der Waals surface area contributed by atoms with Crippen LogP contribution in [0.25, 0.3) is 20.9 Å². The summed E-state index contributed by atoms with van der Waals surface area (Å²) in [5, 5.41) is 6.66. The normalized spacial score (nSPS) is 12.5.